The van der Waals surface area contributed by atoms with Crippen molar-refractivity contribution in [3.05, 3.63) is 46.0 Å². The highest BCUT2D eigenvalue weighted by atomic mass is 32.1. The summed E-state index contributed by atoms with van der Waals surface area (Å²) in [6.07, 6.45) is 4.52. The molecule has 1 aromatic carbocycles. The zero-order valence-electron chi connectivity index (χ0n) is 10.6. The summed E-state index contributed by atoms with van der Waals surface area (Å²) < 4.78 is 41.4. The van der Waals surface area contributed by atoms with E-state index in [1.165, 1.54) is 17.5 Å². The molecule has 0 amide bonds. The van der Waals surface area contributed by atoms with Crippen molar-refractivity contribution in [2.75, 3.05) is 0 Å². The fraction of sp³-hybridized carbons (Fsp3) is 0.357. The molecule has 1 aliphatic rings. The summed E-state index contributed by atoms with van der Waals surface area (Å²) in [5.41, 5.74) is 1.13. The summed E-state index contributed by atoms with van der Waals surface area (Å²) in [7, 11) is 0. The van der Waals surface area contributed by atoms with Crippen molar-refractivity contribution in [3.8, 4) is 5.69 Å². The lowest BCUT2D eigenvalue weighted by Gasteiger charge is -2.07. The third-order valence-corrected chi connectivity index (χ3v) is 4.06. The van der Waals surface area contributed by atoms with Gasteiger partial charge in [-0.15, -0.1) is 0 Å². The van der Waals surface area contributed by atoms with Gasteiger partial charge in [0, 0.05) is 23.7 Å². The third kappa shape index (κ3) is 2.28. The molecule has 2 nitrogen and oxygen atoms in total. The molecule has 1 fully saturated rings. The second-order valence-electron chi connectivity index (χ2n) is 5.09. The summed E-state index contributed by atoms with van der Waals surface area (Å²) in [5, 5.41) is 3.07. The maximum atomic E-state index is 13.3. The average Bonchev–Trinajstić information content (AvgIpc) is 3.04. The Morgan fingerprint density at radius 3 is 2.25 bits per heavy atom. The largest absolute Gasteiger partial charge is 0.297 e. The van der Waals surface area contributed by atoms with E-state index in [0.29, 0.717) is 10.6 Å². The average molecular weight is 298 g/mol. The lowest BCUT2D eigenvalue weighted by atomic mass is 10.1. The quantitative estimate of drug-likeness (QED) is 0.634. The number of rotatable bonds is 2. The smallest absolute Gasteiger partial charge is 0.194 e. The zero-order valence-corrected chi connectivity index (χ0v) is 11.4. The minimum absolute atomic E-state index is 0.163. The molecule has 6 heteroatoms. The Labute approximate surface area is 119 Å². The van der Waals surface area contributed by atoms with E-state index < -0.39 is 17.5 Å². The normalized spacial score (nSPS) is 15.9. The molecule has 2 aromatic rings. The Kier molecular flexibility index (Phi) is 3.41. The van der Waals surface area contributed by atoms with Gasteiger partial charge in [-0.2, -0.15) is 0 Å². The van der Waals surface area contributed by atoms with Crippen LogP contribution in [-0.2, 0) is 0 Å². The van der Waals surface area contributed by atoms with E-state index in [-0.39, 0.29) is 5.69 Å². The van der Waals surface area contributed by atoms with Crippen LogP contribution < -0.4 is 0 Å². The van der Waals surface area contributed by atoms with Gasteiger partial charge in [0.15, 0.2) is 17.5 Å². The number of aromatic nitrogens is 2. The van der Waals surface area contributed by atoms with Gasteiger partial charge in [0.25, 0.3) is 0 Å². The molecular formula is C14H13F3N2S. The van der Waals surface area contributed by atoms with Crippen LogP contribution in [0, 0.1) is 22.1 Å². The Bertz CT molecular complexity index is 676. The number of halogens is 3. The fourth-order valence-electron chi connectivity index (χ4n) is 2.72. The minimum atomic E-state index is -1.47. The van der Waals surface area contributed by atoms with Crippen LogP contribution in [0.25, 0.3) is 5.69 Å². The maximum Gasteiger partial charge on any atom is 0.194 e. The second kappa shape index (κ2) is 5.09. The minimum Gasteiger partial charge on any atom is -0.297 e. The van der Waals surface area contributed by atoms with Crippen LogP contribution >= 0.6 is 12.2 Å². The first-order valence-corrected chi connectivity index (χ1v) is 6.94. The maximum absolute atomic E-state index is 13.3. The van der Waals surface area contributed by atoms with Crippen LogP contribution in [0.2, 0.25) is 0 Å². The van der Waals surface area contributed by atoms with E-state index >= 15 is 0 Å². The summed E-state index contributed by atoms with van der Waals surface area (Å²) >= 11 is 5.20. The van der Waals surface area contributed by atoms with Gasteiger partial charge in [0.05, 0.1) is 5.69 Å². The molecule has 0 saturated heterocycles. The molecule has 1 aromatic heterocycles. The molecule has 1 N–H and O–H groups in total. The van der Waals surface area contributed by atoms with Crippen molar-refractivity contribution in [1.82, 2.24) is 9.78 Å². The molecule has 0 aliphatic heterocycles. The highest BCUT2D eigenvalue weighted by Gasteiger charge is 2.20. The molecule has 1 aliphatic carbocycles. The molecule has 0 bridgehead atoms. The van der Waals surface area contributed by atoms with Gasteiger partial charge in [0.2, 0.25) is 0 Å². The van der Waals surface area contributed by atoms with Crippen LogP contribution in [0.15, 0.2) is 18.2 Å². The summed E-state index contributed by atoms with van der Waals surface area (Å²) in [6.45, 7) is 0. The predicted molar refractivity (Wildman–Crippen MR) is 72.0 cm³/mol. The van der Waals surface area contributed by atoms with Gasteiger partial charge in [-0.1, -0.05) is 25.1 Å². The molecule has 0 radical (unpaired) electrons. The standard InChI is InChI=1S/C14H13F3N2S/c15-10-5-9(6-11(16)14(10)17)19-13(20)7-12(18-19)8-3-1-2-4-8/h5-8,18H,1-4H2. The Hall–Kier alpha value is -1.56. The second-order valence-corrected chi connectivity index (χ2v) is 5.51. The van der Waals surface area contributed by atoms with Crippen LogP contribution in [0.3, 0.4) is 0 Å². The first-order chi connectivity index (χ1) is 9.56. The molecule has 1 saturated carbocycles. The number of benzene rings is 1. The Balaban J connectivity index is 2.04. The van der Waals surface area contributed by atoms with Crippen molar-refractivity contribution in [2.45, 2.75) is 31.6 Å². The van der Waals surface area contributed by atoms with Gasteiger partial charge in [-0.05, 0) is 18.9 Å². The van der Waals surface area contributed by atoms with Crippen LogP contribution in [0.5, 0.6) is 0 Å². The Morgan fingerprint density at radius 1 is 1.05 bits per heavy atom. The Morgan fingerprint density at radius 2 is 1.65 bits per heavy atom. The van der Waals surface area contributed by atoms with Gasteiger partial charge in [0.1, 0.15) is 4.64 Å². The number of hydrogen-bond donors (Lipinski definition) is 1. The molecule has 106 valence electrons. The summed E-state index contributed by atoms with van der Waals surface area (Å²) in [5.74, 6) is -3.51. The van der Waals surface area contributed by atoms with E-state index in [1.54, 1.807) is 0 Å². The molecule has 0 spiro atoms. The topological polar surface area (TPSA) is 20.7 Å². The van der Waals surface area contributed by atoms with Crippen molar-refractivity contribution >= 4 is 12.2 Å². The van der Waals surface area contributed by atoms with Crippen molar-refractivity contribution in [2.24, 2.45) is 0 Å². The number of hydrogen-bond acceptors (Lipinski definition) is 1. The predicted octanol–water partition coefficient (Wildman–Crippen LogP) is 4.61. The van der Waals surface area contributed by atoms with Crippen molar-refractivity contribution in [3.63, 3.8) is 0 Å². The molecule has 0 unspecified atom stereocenters. The lowest BCUT2D eigenvalue weighted by Crippen LogP contribution is -2.02. The fourth-order valence-corrected chi connectivity index (χ4v) is 3.00. The molecule has 20 heavy (non-hydrogen) atoms. The van der Waals surface area contributed by atoms with Crippen LogP contribution in [0.4, 0.5) is 13.2 Å². The number of aromatic amines is 1. The van der Waals surface area contributed by atoms with E-state index in [1.807, 2.05) is 6.07 Å². The molecular weight excluding hydrogens is 285 g/mol. The lowest BCUT2D eigenvalue weighted by molar-refractivity contribution is 0.446. The van der Waals surface area contributed by atoms with E-state index in [2.05, 4.69) is 5.10 Å². The zero-order chi connectivity index (χ0) is 14.3. The van der Waals surface area contributed by atoms with Gasteiger partial charge in [-0.25, -0.2) is 17.9 Å². The van der Waals surface area contributed by atoms with Crippen LogP contribution in [-0.4, -0.2) is 9.78 Å². The SMILES string of the molecule is Fc1cc(-n2[nH]c(C3CCCC3)cc2=S)cc(F)c1F. The highest BCUT2D eigenvalue weighted by Crippen LogP contribution is 2.33. The number of nitrogens with one attached hydrogen (secondary N) is 1. The third-order valence-electron chi connectivity index (χ3n) is 3.76. The first kappa shape index (κ1) is 13.4. The summed E-state index contributed by atoms with van der Waals surface area (Å²) in [4.78, 5) is 0. The van der Waals surface area contributed by atoms with Crippen molar-refractivity contribution in [1.29, 1.82) is 0 Å². The highest BCUT2D eigenvalue weighted by molar-refractivity contribution is 7.71. The van der Waals surface area contributed by atoms with E-state index in [0.717, 1.165) is 30.7 Å². The van der Waals surface area contributed by atoms with Crippen LogP contribution in [0.1, 0.15) is 37.3 Å². The summed E-state index contributed by atoms with van der Waals surface area (Å²) in [6, 6.07) is 3.68. The number of nitrogens with zero attached hydrogens (tertiary/aromatic N) is 1. The van der Waals surface area contributed by atoms with E-state index in [9.17, 15) is 13.2 Å². The van der Waals surface area contributed by atoms with Gasteiger partial charge in [-0.3, -0.25) is 5.10 Å². The monoisotopic (exact) mass is 298 g/mol. The van der Waals surface area contributed by atoms with Gasteiger partial charge < -0.3 is 0 Å². The van der Waals surface area contributed by atoms with E-state index in [4.69, 9.17) is 12.2 Å². The number of H-pyrrole nitrogens is 1. The molecule has 1 heterocycles. The molecule has 3 rings (SSSR count). The van der Waals surface area contributed by atoms with Crippen molar-refractivity contribution < 1.29 is 13.2 Å². The molecule has 0 atom stereocenters. The van der Waals surface area contributed by atoms with Gasteiger partial charge >= 0.3 is 0 Å². The first-order valence-electron chi connectivity index (χ1n) is 6.53.